The van der Waals surface area contributed by atoms with Gasteiger partial charge in [-0.25, -0.2) is 0 Å². The second kappa shape index (κ2) is 8.49. The first-order valence-corrected chi connectivity index (χ1v) is 6.95. The van der Waals surface area contributed by atoms with E-state index < -0.39 is 12.1 Å². The van der Waals surface area contributed by atoms with Crippen LogP contribution in [0.2, 0.25) is 0 Å². The molecule has 0 radical (unpaired) electrons. The molecule has 0 bridgehead atoms. The van der Waals surface area contributed by atoms with Crippen LogP contribution in [0.15, 0.2) is 18.2 Å². The fourth-order valence-electron chi connectivity index (χ4n) is 1.97. The molecule has 0 aromatic heterocycles. The number of aliphatic carboxylic acids is 1. The second-order valence-corrected chi connectivity index (χ2v) is 4.68. The number of aliphatic hydroxyl groups is 1. The van der Waals surface area contributed by atoms with Crippen molar-refractivity contribution >= 4 is 5.97 Å². The molecule has 0 aliphatic carbocycles. The molecule has 1 unspecified atom stereocenters. The lowest BCUT2D eigenvalue weighted by atomic mass is 10.1. The molecule has 1 rings (SSSR count). The summed E-state index contributed by atoms with van der Waals surface area (Å²) >= 11 is 0. The number of carboxylic acids is 1. The van der Waals surface area contributed by atoms with Crippen molar-refractivity contribution in [2.24, 2.45) is 0 Å². The number of carboxylic acid groups (broad SMARTS) is 1. The number of ether oxygens (including phenoxy) is 2. The normalized spacial score (nSPS) is 12.2. The first kappa shape index (κ1) is 17.3. The van der Waals surface area contributed by atoms with Crippen LogP contribution in [0, 0.1) is 0 Å². The van der Waals surface area contributed by atoms with Crippen LogP contribution in [0.5, 0.6) is 11.5 Å². The van der Waals surface area contributed by atoms with E-state index >= 15 is 0 Å². The highest BCUT2D eigenvalue weighted by molar-refractivity contribution is 5.69. The van der Waals surface area contributed by atoms with Gasteiger partial charge in [-0.2, -0.15) is 0 Å². The maximum Gasteiger partial charge on any atom is 0.317 e. The Hall–Kier alpha value is -1.79. The highest BCUT2D eigenvalue weighted by Crippen LogP contribution is 2.30. The molecule has 1 aromatic carbocycles. The summed E-state index contributed by atoms with van der Waals surface area (Å²) in [6.07, 6.45) is -0.788. The Bertz CT molecular complexity index is 463. The standard InChI is InChI=1S/C15H23NO5/c1-4-20-13-7-6-11(8-14(13)21-5-2)12(17)9-16(3)10-15(18)19/h6-8,12,17H,4-5,9-10H2,1-3H3,(H,18,19). The fraction of sp³-hybridized carbons (Fsp3) is 0.533. The zero-order chi connectivity index (χ0) is 15.8. The number of nitrogens with zero attached hydrogens (tertiary/aromatic N) is 1. The van der Waals surface area contributed by atoms with Gasteiger partial charge in [0.1, 0.15) is 0 Å². The first-order chi connectivity index (χ1) is 9.97. The number of hydrogen-bond donors (Lipinski definition) is 2. The molecule has 21 heavy (non-hydrogen) atoms. The van der Waals surface area contributed by atoms with Crippen molar-refractivity contribution in [2.45, 2.75) is 20.0 Å². The highest BCUT2D eigenvalue weighted by atomic mass is 16.5. The van der Waals surface area contributed by atoms with E-state index in [1.54, 1.807) is 30.1 Å². The summed E-state index contributed by atoms with van der Waals surface area (Å²) in [7, 11) is 1.65. The van der Waals surface area contributed by atoms with Crippen molar-refractivity contribution in [3.05, 3.63) is 23.8 Å². The Balaban J connectivity index is 2.81. The van der Waals surface area contributed by atoms with Crippen molar-refractivity contribution in [1.82, 2.24) is 4.90 Å². The van der Waals surface area contributed by atoms with Crippen molar-refractivity contribution in [2.75, 3.05) is 33.4 Å². The highest BCUT2D eigenvalue weighted by Gasteiger charge is 2.15. The third kappa shape index (κ3) is 5.61. The minimum absolute atomic E-state index is 0.119. The smallest absolute Gasteiger partial charge is 0.317 e. The number of likely N-dealkylation sites (N-methyl/N-ethyl adjacent to an activating group) is 1. The van der Waals surface area contributed by atoms with E-state index in [1.807, 2.05) is 13.8 Å². The molecule has 0 saturated carbocycles. The molecular weight excluding hydrogens is 274 g/mol. The van der Waals surface area contributed by atoms with E-state index in [1.165, 1.54) is 0 Å². The van der Waals surface area contributed by atoms with E-state index in [0.717, 1.165) is 0 Å². The van der Waals surface area contributed by atoms with E-state index in [4.69, 9.17) is 14.6 Å². The molecule has 0 saturated heterocycles. The number of carbonyl (C=O) groups is 1. The van der Waals surface area contributed by atoms with Crippen LogP contribution in [0.4, 0.5) is 0 Å². The molecule has 0 fully saturated rings. The lowest BCUT2D eigenvalue weighted by molar-refractivity contribution is -0.138. The third-order valence-corrected chi connectivity index (χ3v) is 2.84. The number of aliphatic hydroxyl groups excluding tert-OH is 1. The van der Waals surface area contributed by atoms with Crippen molar-refractivity contribution in [3.8, 4) is 11.5 Å². The number of rotatable bonds is 9. The van der Waals surface area contributed by atoms with Gasteiger partial charge in [0.15, 0.2) is 11.5 Å². The summed E-state index contributed by atoms with van der Waals surface area (Å²) in [5, 5.41) is 18.9. The second-order valence-electron chi connectivity index (χ2n) is 4.68. The van der Waals surface area contributed by atoms with Gasteiger partial charge in [0.25, 0.3) is 0 Å². The maximum atomic E-state index is 10.6. The lowest BCUT2D eigenvalue weighted by Crippen LogP contribution is -2.29. The largest absolute Gasteiger partial charge is 0.490 e. The monoisotopic (exact) mass is 297 g/mol. The van der Waals surface area contributed by atoms with Gasteiger partial charge in [-0.05, 0) is 38.6 Å². The molecule has 6 heteroatoms. The SMILES string of the molecule is CCOc1ccc(C(O)CN(C)CC(=O)O)cc1OCC. The van der Waals surface area contributed by atoms with Gasteiger partial charge in [0.05, 0.1) is 25.9 Å². The van der Waals surface area contributed by atoms with Crippen molar-refractivity contribution in [3.63, 3.8) is 0 Å². The van der Waals surface area contributed by atoms with Crippen LogP contribution in [0.3, 0.4) is 0 Å². The van der Waals surface area contributed by atoms with Crippen LogP contribution in [-0.4, -0.2) is 54.4 Å². The molecule has 1 aromatic rings. The molecule has 0 spiro atoms. The first-order valence-electron chi connectivity index (χ1n) is 6.95. The van der Waals surface area contributed by atoms with Gasteiger partial charge in [-0.1, -0.05) is 6.07 Å². The summed E-state index contributed by atoms with van der Waals surface area (Å²) in [4.78, 5) is 12.2. The van der Waals surface area contributed by atoms with E-state index in [0.29, 0.717) is 30.3 Å². The Morgan fingerprint density at radius 1 is 1.24 bits per heavy atom. The van der Waals surface area contributed by atoms with Crippen LogP contribution < -0.4 is 9.47 Å². The predicted molar refractivity (Wildman–Crippen MR) is 78.9 cm³/mol. The molecule has 0 aliphatic rings. The Morgan fingerprint density at radius 2 is 1.86 bits per heavy atom. The number of benzene rings is 1. The Morgan fingerprint density at radius 3 is 2.43 bits per heavy atom. The molecule has 0 amide bonds. The third-order valence-electron chi connectivity index (χ3n) is 2.84. The van der Waals surface area contributed by atoms with Crippen molar-refractivity contribution in [1.29, 1.82) is 0 Å². The maximum absolute atomic E-state index is 10.6. The minimum atomic E-state index is -0.925. The zero-order valence-corrected chi connectivity index (χ0v) is 12.7. The van der Waals surface area contributed by atoms with Gasteiger partial charge in [0, 0.05) is 6.54 Å². The Labute approximate surface area is 124 Å². The molecule has 0 aliphatic heterocycles. The quantitative estimate of drug-likeness (QED) is 0.719. The molecule has 1 atom stereocenters. The molecular formula is C15H23NO5. The van der Waals surface area contributed by atoms with Gasteiger partial charge in [-0.15, -0.1) is 0 Å². The Kier molecular flexibility index (Phi) is 6.98. The lowest BCUT2D eigenvalue weighted by Gasteiger charge is -2.20. The predicted octanol–water partition coefficient (Wildman–Crippen LogP) is 1.53. The van der Waals surface area contributed by atoms with Gasteiger partial charge >= 0.3 is 5.97 Å². The summed E-state index contributed by atoms with van der Waals surface area (Å²) in [6.45, 7) is 4.90. The molecule has 0 heterocycles. The van der Waals surface area contributed by atoms with Crippen molar-refractivity contribution < 1.29 is 24.5 Å². The summed E-state index contributed by atoms with van der Waals surface area (Å²) < 4.78 is 11.0. The molecule has 6 nitrogen and oxygen atoms in total. The van der Waals surface area contributed by atoms with E-state index in [9.17, 15) is 9.90 Å². The average molecular weight is 297 g/mol. The van der Waals surface area contributed by atoms with Crippen LogP contribution in [0.1, 0.15) is 25.5 Å². The minimum Gasteiger partial charge on any atom is -0.490 e. The van der Waals surface area contributed by atoms with Gasteiger partial charge < -0.3 is 19.7 Å². The van der Waals surface area contributed by atoms with Crippen LogP contribution in [0.25, 0.3) is 0 Å². The average Bonchev–Trinajstić information content (AvgIpc) is 2.40. The van der Waals surface area contributed by atoms with Crippen LogP contribution in [-0.2, 0) is 4.79 Å². The topological polar surface area (TPSA) is 79.2 Å². The van der Waals surface area contributed by atoms with Gasteiger partial charge in [0.2, 0.25) is 0 Å². The molecule has 118 valence electrons. The fourth-order valence-corrected chi connectivity index (χ4v) is 1.97. The van der Waals surface area contributed by atoms with Gasteiger partial charge in [-0.3, -0.25) is 9.69 Å². The molecule has 2 N–H and O–H groups in total. The summed E-state index contributed by atoms with van der Waals surface area (Å²) in [6, 6.07) is 5.24. The van der Waals surface area contributed by atoms with E-state index in [-0.39, 0.29) is 13.1 Å². The zero-order valence-electron chi connectivity index (χ0n) is 12.7. The number of hydrogen-bond acceptors (Lipinski definition) is 5. The van der Waals surface area contributed by atoms with E-state index in [2.05, 4.69) is 0 Å². The van der Waals surface area contributed by atoms with Crippen LogP contribution >= 0.6 is 0 Å². The summed E-state index contributed by atoms with van der Waals surface area (Å²) in [5.41, 5.74) is 0.666. The summed E-state index contributed by atoms with van der Waals surface area (Å²) in [5.74, 6) is 0.289.